The van der Waals surface area contributed by atoms with Crippen molar-refractivity contribution >= 4 is 23.3 Å². The summed E-state index contributed by atoms with van der Waals surface area (Å²) < 4.78 is 18.2. The van der Waals surface area contributed by atoms with Crippen molar-refractivity contribution in [3.8, 4) is 0 Å². The van der Waals surface area contributed by atoms with Crippen LogP contribution >= 0.6 is 11.6 Å². The second-order valence-corrected chi connectivity index (χ2v) is 5.06. The van der Waals surface area contributed by atoms with Gasteiger partial charge in [-0.3, -0.25) is 0 Å². The van der Waals surface area contributed by atoms with E-state index in [0.29, 0.717) is 21.8 Å². The quantitative estimate of drug-likeness (QED) is 0.864. The molecule has 1 N–H and O–H groups in total. The molecule has 0 aliphatic rings. The minimum atomic E-state index is -0.729. The Labute approximate surface area is 127 Å². The predicted molar refractivity (Wildman–Crippen MR) is 81.0 cm³/mol. The molecule has 0 bridgehead atoms. The molecule has 2 rings (SSSR count). The lowest BCUT2D eigenvalue weighted by Crippen LogP contribution is -2.22. The third kappa shape index (κ3) is 3.73. The summed E-state index contributed by atoms with van der Waals surface area (Å²) >= 11 is 5.93. The number of benzene rings is 2. The maximum absolute atomic E-state index is 13.4. The molecule has 0 aliphatic carbocycles. The number of esters is 1. The average molecular weight is 308 g/mol. The predicted octanol–water partition coefficient (Wildman–Crippen LogP) is 4.11. The van der Waals surface area contributed by atoms with Crippen LogP contribution in [0.5, 0.6) is 0 Å². The van der Waals surface area contributed by atoms with Crippen molar-refractivity contribution in [2.75, 3.05) is 12.4 Å². The van der Waals surface area contributed by atoms with E-state index in [4.69, 9.17) is 16.3 Å². The number of nitrogens with one attached hydrogen (secondary N) is 1. The highest BCUT2D eigenvalue weighted by molar-refractivity contribution is 6.30. The van der Waals surface area contributed by atoms with E-state index in [1.807, 2.05) is 0 Å². The summed E-state index contributed by atoms with van der Waals surface area (Å²) in [5.74, 6) is -0.772. The van der Waals surface area contributed by atoms with Gasteiger partial charge in [0.2, 0.25) is 0 Å². The van der Waals surface area contributed by atoms with Gasteiger partial charge in [-0.15, -0.1) is 0 Å². The van der Waals surface area contributed by atoms with Crippen molar-refractivity contribution in [3.63, 3.8) is 0 Å². The highest BCUT2D eigenvalue weighted by Crippen LogP contribution is 2.24. The van der Waals surface area contributed by atoms with Crippen molar-refractivity contribution in [2.45, 2.75) is 13.0 Å². The number of carbonyl (C=O) groups excluding carboxylic acids is 1. The third-order valence-electron chi connectivity index (χ3n) is 3.09. The van der Waals surface area contributed by atoms with Crippen molar-refractivity contribution in [2.24, 2.45) is 0 Å². The van der Waals surface area contributed by atoms with Gasteiger partial charge < -0.3 is 10.1 Å². The van der Waals surface area contributed by atoms with E-state index in [9.17, 15) is 9.18 Å². The van der Waals surface area contributed by atoms with Crippen LogP contribution in [-0.4, -0.2) is 13.1 Å². The van der Waals surface area contributed by atoms with Gasteiger partial charge in [0.15, 0.2) is 6.04 Å². The number of hydrogen-bond donors (Lipinski definition) is 1. The summed E-state index contributed by atoms with van der Waals surface area (Å²) in [5, 5.41) is 3.61. The molecule has 5 heteroatoms. The Morgan fingerprint density at radius 1 is 1.29 bits per heavy atom. The fourth-order valence-corrected chi connectivity index (χ4v) is 2.18. The first-order valence-electron chi connectivity index (χ1n) is 6.37. The van der Waals surface area contributed by atoms with Crippen molar-refractivity contribution < 1.29 is 13.9 Å². The Kier molecular flexibility index (Phi) is 4.81. The second-order valence-electron chi connectivity index (χ2n) is 4.62. The fraction of sp³-hybridized carbons (Fsp3) is 0.188. The van der Waals surface area contributed by atoms with Crippen LogP contribution < -0.4 is 5.32 Å². The van der Waals surface area contributed by atoms with Crippen molar-refractivity contribution in [1.82, 2.24) is 0 Å². The summed E-state index contributed by atoms with van der Waals surface area (Å²) in [7, 11) is 1.31. The molecule has 0 aliphatic heterocycles. The Morgan fingerprint density at radius 3 is 2.67 bits per heavy atom. The van der Waals surface area contributed by atoms with Crippen LogP contribution in [0.1, 0.15) is 17.2 Å². The van der Waals surface area contributed by atoms with E-state index in [2.05, 4.69) is 5.32 Å². The van der Waals surface area contributed by atoms with E-state index in [1.165, 1.54) is 13.2 Å². The van der Waals surface area contributed by atoms with E-state index in [0.717, 1.165) is 0 Å². The number of methoxy groups -OCH3 is 1. The first kappa shape index (κ1) is 15.3. The zero-order chi connectivity index (χ0) is 15.4. The van der Waals surface area contributed by atoms with Crippen LogP contribution in [0.2, 0.25) is 5.02 Å². The molecule has 0 radical (unpaired) electrons. The smallest absolute Gasteiger partial charge is 0.332 e. The van der Waals surface area contributed by atoms with Gasteiger partial charge in [0.05, 0.1) is 7.11 Å². The molecule has 3 nitrogen and oxygen atoms in total. The molecule has 1 atom stereocenters. The van der Waals surface area contributed by atoms with Gasteiger partial charge in [-0.1, -0.05) is 29.8 Å². The Balaban J connectivity index is 2.34. The van der Waals surface area contributed by atoms with Crippen molar-refractivity contribution in [3.05, 3.63) is 64.4 Å². The number of carbonyl (C=O) groups is 1. The highest BCUT2D eigenvalue weighted by atomic mass is 35.5. The number of halogens is 2. The van der Waals surface area contributed by atoms with Gasteiger partial charge in [0.1, 0.15) is 5.82 Å². The van der Waals surface area contributed by atoms with Crippen LogP contribution in [0.4, 0.5) is 10.1 Å². The molecule has 0 spiro atoms. The minimum Gasteiger partial charge on any atom is -0.467 e. The summed E-state index contributed by atoms with van der Waals surface area (Å²) in [4.78, 5) is 12.0. The molecule has 0 heterocycles. The molecular weight excluding hydrogens is 293 g/mol. The van der Waals surface area contributed by atoms with Gasteiger partial charge in [0.25, 0.3) is 0 Å². The standard InChI is InChI=1S/C16H15ClFNO2/c1-10-8-11(6-7-14(10)18)15(16(20)21-2)19-13-5-3-4-12(17)9-13/h3-9,15,19H,1-2H3. The SMILES string of the molecule is COC(=O)C(Nc1cccc(Cl)c1)c1ccc(F)c(C)c1. The summed E-state index contributed by atoms with van der Waals surface area (Å²) in [6, 6.07) is 10.8. The number of hydrogen-bond acceptors (Lipinski definition) is 3. The van der Waals surface area contributed by atoms with Crippen LogP contribution in [0.25, 0.3) is 0 Å². The lowest BCUT2D eigenvalue weighted by atomic mass is 10.0. The number of anilines is 1. The van der Waals surface area contributed by atoms with E-state index in [-0.39, 0.29) is 5.82 Å². The third-order valence-corrected chi connectivity index (χ3v) is 3.32. The van der Waals surface area contributed by atoms with Crippen LogP contribution in [-0.2, 0) is 9.53 Å². The normalized spacial score (nSPS) is 11.8. The lowest BCUT2D eigenvalue weighted by molar-refractivity contribution is -0.141. The number of ether oxygens (including phenoxy) is 1. The Bertz CT molecular complexity index is 660. The van der Waals surface area contributed by atoms with Gasteiger partial charge in [0, 0.05) is 10.7 Å². The molecule has 0 saturated heterocycles. The maximum Gasteiger partial charge on any atom is 0.332 e. The Hall–Kier alpha value is -2.07. The van der Waals surface area contributed by atoms with E-state index >= 15 is 0 Å². The Morgan fingerprint density at radius 2 is 2.05 bits per heavy atom. The summed E-state index contributed by atoms with van der Waals surface area (Å²) in [5.41, 5.74) is 1.77. The average Bonchev–Trinajstić information content (AvgIpc) is 2.47. The molecule has 0 aromatic heterocycles. The zero-order valence-corrected chi connectivity index (χ0v) is 12.4. The maximum atomic E-state index is 13.4. The highest BCUT2D eigenvalue weighted by Gasteiger charge is 2.22. The summed E-state index contributed by atoms with van der Waals surface area (Å²) in [6.45, 7) is 1.65. The van der Waals surface area contributed by atoms with Gasteiger partial charge in [-0.05, 0) is 42.3 Å². The molecule has 1 unspecified atom stereocenters. The molecular formula is C16H15ClFNO2. The molecule has 21 heavy (non-hydrogen) atoms. The first-order chi connectivity index (χ1) is 10.0. The molecule has 2 aromatic carbocycles. The number of rotatable bonds is 4. The van der Waals surface area contributed by atoms with Gasteiger partial charge in [-0.25, -0.2) is 9.18 Å². The first-order valence-corrected chi connectivity index (χ1v) is 6.75. The zero-order valence-electron chi connectivity index (χ0n) is 11.7. The van der Waals surface area contributed by atoms with Crippen molar-refractivity contribution in [1.29, 1.82) is 0 Å². The van der Waals surface area contributed by atoms with Crippen LogP contribution in [0.3, 0.4) is 0 Å². The van der Waals surface area contributed by atoms with Crippen LogP contribution in [0.15, 0.2) is 42.5 Å². The lowest BCUT2D eigenvalue weighted by Gasteiger charge is -2.19. The van der Waals surface area contributed by atoms with E-state index < -0.39 is 12.0 Å². The molecule has 0 fully saturated rings. The van der Waals surface area contributed by atoms with Gasteiger partial charge in [-0.2, -0.15) is 0 Å². The monoisotopic (exact) mass is 307 g/mol. The van der Waals surface area contributed by atoms with Gasteiger partial charge >= 0.3 is 5.97 Å². The van der Waals surface area contributed by atoms with E-state index in [1.54, 1.807) is 43.3 Å². The van der Waals surface area contributed by atoms with Crippen LogP contribution in [0, 0.1) is 12.7 Å². The molecule has 110 valence electrons. The largest absolute Gasteiger partial charge is 0.467 e. The molecule has 0 amide bonds. The number of aryl methyl sites for hydroxylation is 1. The fourth-order valence-electron chi connectivity index (χ4n) is 1.99. The molecule has 2 aromatic rings. The summed E-state index contributed by atoms with van der Waals surface area (Å²) in [6.07, 6.45) is 0. The topological polar surface area (TPSA) is 38.3 Å². The minimum absolute atomic E-state index is 0.315. The molecule has 0 saturated carbocycles. The second kappa shape index (κ2) is 6.59.